The summed E-state index contributed by atoms with van der Waals surface area (Å²) in [6, 6.07) is 20.6. The van der Waals surface area contributed by atoms with Gasteiger partial charge in [0.15, 0.2) is 5.96 Å². The number of likely N-dealkylation sites (tertiary alicyclic amines) is 1. The molecule has 0 saturated carbocycles. The van der Waals surface area contributed by atoms with Crippen LogP contribution in [-0.4, -0.2) is 77.2 Å². The van der Waals surface area contributed by atoms with Crippen LogP contribution < -0.4 is 5.32 Å². The Bertz CT molecular complexity index is 884. The van der Waals surface area contributed by atoms with Gasteiger partial charge in [-0.25, -0.2) is 0 Å². The SMILES string of the molecule is CCNC(=NCCS(=O)c1ccccc1)N1CC2OCCN(Cc3ccccc3)C2C1.I. The third kappa shape index (κ3) is 6.52. The number of benzene rings is 2. The molecule has 8 heteroatoms. The predicted molar refractivity (Wildman–Crippen MR) is 141 cm³/mol. The lowest BCUT2D eigenvalue weighted by atomic mass is 10.1. The minimum Gasteiger partial charge on any atom is -0.373 e. The summed E-state index contributed by atoms with van der Waals surface area (Å²) in [6.45, 7) is 7.82. The zero-order valence-electron chi connectivity index (χ0n) is 18.6. The van der Waals surface area contributed by atoms with Crippen LogP contribution in [0.3, 0.4) is 0 Å². The quantitative estimate of drug-likeness (QED) is 0.317. The highest BCUT2D eigenvalue weighted by Gasteiger charge is 2.41. The van der Waals surface area contributed by atoms with Gasteiger partial charge in [-0.2, -0.15) is 0 Å². The number of hydrogen-bond acceptors (Lipinski definition) is 4. The molecule has 6 nitrogen and oxygen atoms in total. The minimum absolute atomic E-state index is 0. The molecule has 1 N–H and O–H groups in total. The van der Waals surface area contributed by atoms with Crippen molar-refractivity contribution in [2.75, 3.05) is 45.1 Å². The van der Waals surface area contributed by atoms with Gasteiger partial charge in [0, 0.05) is 43.4 Å². The van der Waals surface area contributed by atoms with Crippen molar-refractivity contribution in [1.82, 2.24) is 15.1 Å². The average Bonchev–Trinajstić information content (AvgIpc) is 3.25. The second-order valence-corrected chi connectivity index (χ2v) is 9.51. The van der Waals surface area contributed by atoms with E-state index in [0.29, 0.717) is 18.3 Å². The van der Waals surface area contributed by atoms with E-state index in [0.717, 1.165) is 50.2 Å². The molecule has 2 fully saturated rings. The Kier molecular flexibility index (Phi) is 9.95. The molecule has 0 aromatic heterocycles. The molecule has 0 radical (unpaired) electrons. The van der Waals surface area contributed by atoms with Gasteiger partial charge in [0.2, 0.25) is 0 Å². The molecule has 2 aromatic carbocycles. The summed E-state index contributed by atoms with van der Waals surface area (Å²) in [6.07, 6.45) is 0.194. The maximum absolute atomic E-state index is 12.5. The van der Waals surface area contributed by atoms with Gasteiger partial charge in [-0.15, -0.1) is 24.0 Å². The van der Waals surface area contributed by atoms with Crippen molar-refractivity contribution >= 4 is 40.7 Å². The number of nitrogens with one attached hydrogen (secondary N) is 1. The minimum atomic E-state index is -1.03. The summed E-state index contributed by atoms with van der Waals surface area (Å²) in [7, 11) is -1.03. The molecule has 3 unspecified atom stereocenters. The van der Waals surface area contributed by atoms with Crippen molar-refractivity contribution in [1.29, 1.82) is 0 Å². The summed E-state index contributed by atoms with van der Waals surface area (Å²) >= 11 is 0. The van der Waals surface area contributed by atoms with E-state index < -0.39 is 10.8 Å². The second kappa shape index (κ2) is 12.7. The number of halogens is 1. The Morgan fingerprint density at radius 3 is 2.56 bits per heavy atom. The number of fused-ring (bicyclic) bond motifs is 1. The Hall–Kier alpha value is -1.49. The summed E-state index contributed by atoms with van der Waals surface area (Å²) in [5, 5.41) is 3.42. The molecular weight excluding hydrogens is 535 g/mol. The predicted octanol–water partition coefficient (Wildman–Crippen LogP) is 2.96. The van der Waals surface area contributed by atoms with Crippen molar-refractivity contribution in [3.05, 3.63) is 66.2 Å². The first-order valence-corrected chi connectivity index (χ1v) is 12.4. The Balaban J connectivity index is 0.00000289. The highest BCUT2D eigenvalue weighted by atomic mass is 127. The maximum atomic E-state index is 12.5. The lowest BCUT2D eigenvalue weighted by molar-refractivity contribution is -0.0502. The van der Waals surface area contributed by atoms with E-state index in [2.05, 4.69) is 52.4 Å². The topological polar surface area (TPSA) is 57.2 Å². The van der Waals surface area contributed by atoms with Crippen LogP contribution in [0.15, 0.2) is 70.6 Å². The fraction of sp³-hybridized carbons (Fsp3) is 0.458. The smallest absolute Gasteiger partial charge is 0.194 e. The maximum Gasteiger partial charge on any atom is 0.194 e. The zero-order valence-corrected chi connectivity index (χ0v) is 21.7. The standard InChI is InChI=1S/C24H32N4O2S.HI/c1-2-25-24(26-13-16-31(29)21-11-7-4-8-12-21)28-18-22-23(19-28)30-15-14-27(22)17-20-9-5-3-6-10-20;/h3-12,22-23H,2,13-19H2,1H3,(H,25,26);1H. The molecule has 32 heavy (non-hydrogen) atoms. The molecule has 2 aromatic rings. The molecule has 2 saturated heterocycles. The molecule has 0 amide bonds. The number of hydrogen-bond donors (Lipinski definition) is 1. The van der Waals surface area contributed by atoms with Gasteiger partial charge >= 0.3 is 0 Å². The highest BCUT2D eigenvalue weighted by Crippen LogP contribution is 2.24. The van der Waals surface area contributed by atoms with Crippen molar-refractivity contribution in [2.45, 2.75) is 30.5 Å². The van der Waals surface area contributed by atoms with Gasteiger partial charge < -0.3 is 15.0 Å². The van der Waals surface area contributed by atoms with E-state index in [1.165, 1.54) is 5.56 Å². The molecule has 3 atom stereocenters. The van der Waals surface area contributed by atoms with Gasteiger partial charge in [-0.3, -0.25) is 14.1 Å². The monoisotopic (exact) mass is 568 g/mol. The normalized spacial score (nSPS) is 22.2. The first-order valence-electron chi connectivity index (χ1n) is 11.1. The Labute approximate surface area is 210 Å². The van der Waals surface area contributed by atoms with Gasteiger partial charge in [-0.05, 0) is 24.6 Å². The average molecular weight is 569 g/mol. The van der Waals surface area contributed by atoms with Crippen LogP contribution in [0.5, 0.6) is 0 Å². The van der Waals surface area contributed by atoms with E-state index in [9.17, 15) is 4.21 Å². The van der Waals surface area contributed by atoms with E-state index in [1.807, 2.05) is 30.3 Å². The van der Waals surface area contributed by atoms with Crippen LogP contribution in [0.2, 0.25) is 0 Å². The molecule has 2 heterocycles. The van der Waals surface area contributed by atoms with Crippen LogP contribution in [0.1, 0.15) is 12.5 Å². The molecule has 2 aliphatic rings. The molecule has 0 aliphatic carbocycles. The second-order valence-electron chi connectivity index (χ2n) is 7.94. The van der Waals surface area contributed by atoms with Gasteiger partial charge in [-0.1, -0.05) is 48.5 Å². The molecule has 4 rings (SSSR count). The fourth-order valence-corrected chi connectivity index (χ4v) is 5.25. The van der Waals surface area contributed by atoms with Crippen LogP contribution >= 0.6 is 24.0 Å². The van der Waals surface area contributed by atoms with Gasteiger partial charge in [0.05, 0.1) is 36.1 Å². The Morgan fingerprint density at radius 2 is 1.84 bits per heavy atom. The van der Waals surface area contributed by atoms with Crippen molar-refractivity contribution in [3.8, 4) is 0 Å². The third-order valence-corrected chi connectivity index (χ3v) is 7.17. The van der Waals surface area contributed by atoms with Crippen LogP contribution in [0, 0.1) is 0 Å². The third-order valence-electron chi connectivity index (χ3n) is 5.82. The zero-order chi connectivity index (χ0) is 21.5. The van der Waals surface area contributed by atoms with Crippen molar-refractivity contribution in [2.24, 2.45) is 4.99 Å². The molecule has 174 valence electrons. The molecule has 2 aliphatic heterocycles. The fourth-order valence-electron chi connectivity index (χ4n) is 4.30. The van der Waals surface area contributed by atoms with Gasteiger partial charge in [0.25, 0.3) is 0 Å². The lowest BCUT2D eigenvalue weighted by Gasteiger charge is -2.36. The molecular formula is C24H33IN4O2S. The van der Waals surface area contributed by atoms with E-state index in [4.69, 9.17) is 9.73 Å². The Morgan fingerprint density at radius 1 is 1.12 bits per heavy atom. The molecule has 0 spiro atoms. The summed E-state index contributed by atoms with van der Waals surface area (Å²) in [4.78, 5) is 10.5. The van der Waals surface area contributed by atoms with E-state index >= 15 is 0 Å². The van der Waals surface area contributed by atoms with Crippen molar-refractivity contribution in [3.63, 3.8) is 0 Å². The first kappa shape index (κ1) is 25.1. The number of rotatable bonds is 7. The lowest BCUT2D eigenvalue weighted by Crippen LogP contribution is -2.50. The molecule has 0 bridgehead atoms. The summed E-state index contributed by atoms with van der Waals surface area (Å²) < 4.78 is 18.6. The summed E-state index contributed by atoms with van der Waals surface area (Å²) in [5.74, 6) is 1.42. The van der Waals surface area contributed by atoms with Crippen LogP contribution in [-0.2, 0) is 22.1 Å². The van der Waals surface area contributed by atoms with E-state index in [-0.39, 0.29) is 30.1 Å². The highest BCUT2D eigenvalue weighted by molar-refractivity contribution is 14.0. The number of nitrogens with zero attached hydrogens (tertiary/aromatic N) is 3. The van der Waals surface area contributed by atoms with Crippen LogP contribution in [0.4, 0.5) is 0 Å². The van der Waals surface area contributed by atoms with Gasteiger partial charge in [0.1, 0.15) is 0 Å². The van der Waals surface area contributed by atoms with Crippen molar-refractivity contribution < 1.29 is 8.95 Å². The first-order chi connectivity index (χ1) is 15.2. The van der Waals surface area contributed by atoms with Crippen LogP contribution in [0.25, 0.3) is 0 Å². The number of aliphatic imine (C=N–C) groups is 1. The number of ether oxygens (including phenoxy) is 1. The number of guanidine groups is 1. The number of morpholine rings is 1. The summed E-state index contributed by atoms with van der Waals surface area (Å²) in [5.41, 5.74) is 1.34. The van der Waals surface area contributed by atoms with E-state index in [1.54, 1.807) is 0 Å². The largest absolute Gasteiger partial charge is 0.373 e.